The summed E-state index contributed by atoms with van der Waals surface area (Å²) in [5.41, 5.74) is 1.59. The van der Waals surface area contributed by atoms with Gasteiger partial charge in [-0.15, -0.1) is 0 Å². The van der Waals surface area contributed by atoms with E-state index in [0.29, 0.717) is 20.0 Å². The van der Waals surface area contributed by atoms with Crippen molar-refractivity contribution in [2.45, 2.75) is 0 Å². The van der Waals surface area contributed by atoms with Crippen LogP contribution in [0.25, 0.3) is 6.08 Å². The number of para-hydroxylation sites is 2. The Morgan fingerprint density at radius 3 is 2.72 bits per heavy atom. The van der Waals surface area contributed by atoms with Crippen molar-refractivity contribution in [3.05, 3.63) is 64.0 Å². The second-order valence-corrected chi connectivity index (χ2v) is 7.25. The first-order valence-corrected chi connectivity index (χ1v) is 9.07. The summed E-state index contributed by atoms with van der Waals surface area (Å²) < 4.78 is 5.80. The van der Waals surface area contributed by atoms with Gasteiger partial charge in [0.1, 0.15) is 10.1 Å². The van der Waals surface area contributed by atoms with Gasteiger partial charge in [0.05, 0.1) is 24.4 Å². The van der Waals surface area contributed by atoms with Gasteiger partial charge < -0.3 is 10.1 Å². The number of carbonyl (C=O) groups excluding carboxylic acids is 1. The summed E-state index contributed by atoms with van der Waals surface area (Å²) in [5, 5.41) is 3.79. The topological polar surface area (TPSA) is 41.6 Å². The zero-order valence-electron chi connectivity index (χ0n) is 13.4. The van der Waals surface area contributed by atoms with Gasteiger partial charge in [0.25, 0.3) is 5.91 Å². The van der Waals surface area contributed by atoms with E-state index in [1.54, 1.807) is 19.3 Å². The maximum absolute atomic E-state index is 12.6. The van der Waals surface area contributed by atoms with Gasteiger partial charge in [0.15, 0.2) is 0 Å². The number of amides is 1. The third-order valence-electron chi connectivity index (χ3n) is 3.60. The molecular formula is C18H15ClN2O2S2. The van der Waals surface area contributed by atoms with Crippen molar-refractivity contribution in [3.63, 3.8) is 0 Å². The van der Waals surface area contributed by atoms with Crippen molar-refractivity contribution in [3.8, 4) is 5.75 Å². The van der Waals surface area contributed by atoms with E-state index >= 15 is 0 Å². The number of ether oxygens (including phenoxy) is 1. The third kappa shape index (κ3) is 3.98. The van der Waals surface area contributed by atoms with Gasteiger partial charge in [-0.1, -0.05) is 65.9 Å². The normalized spacial score (nSPS) is 15.8. The fourth-order valence-electron chi connectivity index (χ4n) is 2.32. The molecule has 0 spiro atoms. The lowest BCUT2D eigenvalue weighted by Crippen LogP contribution is -2.33. The maximum atomic E-state index is 12.6. The highest BCUT2D eigenvalue weighted by molar-refractivity contribution is 8.26. The van der Waals surface area contributed by atoms with Gasteiger partial charge >= 0.3 is 0 Å². The predicted octanol–water partition coefficient (Wildman–Crippen LogP) is 4.62. The van der Waals surface area contributed by atoms with Crippen molar-refractivity contribution < 1.29 is 9.53 Å². The molecule has 4 nitrogen and oxygen atoms in total. The summed E-state index contributed by atoms with van der Waals surface area (Å²) in [6.07, 6.45) is 1.77. The summed E-state index contributed by atoms with van der Waals surface area (Å²) in [4.78, 5) is 14.7. The molecule has 1 aliphatic rings. The van der Waals surface area contributed by atoms with Crippen LogP contribution in [-0.4, -0.2) is 28.9 Å². The van der Waals surface area contributed by atoms with Crippen LogP contribution in [0.1, 0.15) is 5.56 Å². The van der Waals surface area contributed by atoms with Crippen LogP contribution in [0.3, 0.4) is 0 Å². The van der Waals surface area contributed by atoms with E-state index in [1.165, 1.54) is 16.7 Å². The summed E-state index contributed by atoms with van der Waals surface area (Å²) in [6, 6.07) is 14.9. The molecule has 2 aromatic rings. The molecule has 1 amide bonds. The van der Waals surface area contributed by atoms with Crippen LogP contribution in [0.15, 0.2) is 53.4 Å². The molecule has 1 fully saturated rings. The van der Waals surface area contributed by atoms with Gasteiger partial charge in [-0.05, 0) is 29.8 Å². The number of hydrogen-bond acceptors (Lipinski definition) is 5. The lowest BCUT2D eigenvalue weighted by Gasteiger charge is -2.17. The zero-order valence-corrected chi connectivity index (χ0v) is 15.8. The van der Waals surface area contributed by atoms with Crippen LogP contribution < -0.4 is 10.1 Å². The van der Waals surface area contributed by atoms with Crippen molar-refractivity contribution in [1.82, 2.24) is 4.90 Å². The van der Waals surface area contributed by atoms with Crippen molar-refractivity contribution >= 4 is 57.6 Å². The van der Waals surface area contributed by atoms with E-state index < -0.39 is 0 Å². The summed E-state index contributed by atoms with van der Waals surface area (Å²) in [5.74, 6) is 0.567. The molecule has 1 saturated heterocycles. The first kappa shape index (κ1) is 17.8. The minimum Gasteiger partial charge on any atom is -0.495 e. The minimum absolute atomic E-state index is 0.141. The monoisotopic (exact) mass is 390 g/mol. The maximum Gasteiger partial charge on any atom is 0.267 e. The third-order valence-corrected chi connectivity index (χ3v) is 5.32. The van der Waals surface area contributed by atoms with Gasteiger partial charge in [-0.2, -0.15) is 0 Å². The number of anilines is 1. The Bertz CT molecular complexity index is 854. The largest absolute Gasteiger partial charge is 0.495 e. The molecule has 2 aromatic carbocycles. The number of halogens is 1. The molecule has 0 saturated carbocycles. The summed E-state index contributed by atoms with van der Waals surface area (Å²) in [7, 11) is 1.60. The van der Waals surface area contributed by atoms with E-state index in [1.807, 2.05) is 42.5 Å². The molecule has 0 bridgehead atoms. The molecule has 0 radical (unpaired) electrons. The molecule has 0 unspecified atom stereocenters. The van der Waals surface area contributed by atoms with Crippen LogP contribution in [0.4, 0.5) is 5.69 Å². The Labute approximate surface area is 160 Å². The second-order valence-electron chi connectivity index (χ2n) is 5.17. The molecule has 3 rings (SSSR count). The zero-order chi connectivity index (χ0) is 17.8. The Kier molecular flexibility index (Phi) is 5.63. The summed E-state index contributed by atoms with van der Waals surface area (Å²) >= 11 is 12.8. The number of nitrogens with zero attached hydrogens (tertiary/aromatic N) is 1. The number of thioether (sulfide) groups is 1. The Balaban J connectivity index is 1.75. The highest BCUT2D eigenvalue weighted by atomic mass is 35.5. The molecule has 0 atom stereocenters. The van der Waals surface area contributed by atoms with Crippen molar-refractivity contribution in [2.24, 2.45) is 0 Å². The SMILES string of the molecule is COc1ccccc1NCN1C(=O)C(=Cc2ccccc2Cl)SC1=S. The fraction of sp³-hybridized carbons (Fsp3) is 0.111. The molecule has 1 aliphatic heterocycles. The number of thiocarbonyl (C=S) groups is 1. The van der Waals surface area contributed by atoms with Crippen LogP contribution in [0, 0.1) is 0 Å². The average Bonchev–Trinajstić information content (AvgIpc) is 2.89. The van der Waals surface area contributed by atoms with E-state index in [9.17, 15) is 4.79 Å². The molecule has 128 valence electrons. The van der Waals surface area contributed by atoms with Crippen LogP contribution in [0.2, 0.25) is 5.02 Å². The van der Waals surface area contributed by atoms with Crippen molar-refractivity contribution in [1.29, 1.82) is 0 Å². The fourth-order valence-corrected chi connectivity index (χ4v) is 3.76. The van der Waals surface area contributed by atoms with Crippen LogP contribution in [0.5, 0.6) is 5.75 Å². The number of carbonyl (C=O) groups is 1. The molecule has 25 heavy (non-hydrogen) atoms. The Morgan fingerprint density at radius 1 is 1.24 bits per heavy atom. The van der Waals surface area contributed by atoms with E-state index in [2.05, 4.69) is 5.32 Å². The lowest BCUT2D eigenvalue weighted by atomic mass is 10.2. The van der Waals surface area contributed by atoms with E-state index in [0.717, 1.165) is 11.3 Å². The van der Waals surface area contributed by atoms with Gasteiger partial charge in [0.2, 0.25) is 0 Å². The Morgan fingerprint density at radius 2 is 1.96 bits per heavy atom. The second kappa shape index (κ2) is 7.91. The van der Waals surface area contributed by atoms with Gasteiger partial charge in [-0.25, -0.2) is 0 Å². The van der Waals surface area contributed by atoms with E-state index in [-0.39, 0.29) is 12.6 Å². The first-order valence-electron chi connectivity index (χ1n) is 7.47. The minimum atomic E-state index is -0.141. The highest BCUT2D eigenvalue weighted by Crippen LogP contribution is 2.34. The molecular weight excluding hydrogens is 376 g/mol. The highest BCUT2D eigenvalue weighted by Gasteiger charge is 2.32. The summed E-state index contributed by atoms with van der Waals surface area (Å²) in [6.45, 7) is 0.269. The number of rotatable bonds is 5. The van der Waals surface area contributed by atoms with Crippen LogP contribution >= 0.6 is 35.6 Å². The smallest absolute Gasteiger partial charge is 0.267 e. The number of nitrogens with one attached hydrogen (secondary N) is 1. The number of benzene rings is 2. The van der Waals surface area contributed by atoms with Crippen LogP contribution in [-0.2, 0) is 4.79 Å². The van der Waals surface area contributed by atoms with Crippen molar-refractivity contribution in [2.75, 3.05) is 19.1 Å². The molecule has 0 aliphatic carbocycles. The molecule has 1 heterocycles. The average molecular weight is 391 g/mol. The molecule has 1 N–H and O–H groups in total. The molecule has 7 heteroatoms. The predicted molar refractivity (Wildman–Crippen MR) is 108 cm³/mol. The quantitative estimate of drug-likeness (QED) is 0.596. The number of methoxy groups -OCH3 is 1. The van der Waals surface area contributed by atoms with Gasteiger partial charge in [-0.3, -0.25) is 9.69 Å². The van der Waals surface area contributed by atoms with Gasteiger partial charge in [0, 0.05) is 5.02 Å². The molecule has 0 aromatic heterocycles. The Hall–Kier alpha value is -2.02. The lowest BCUT2D eigenvalue weighted by molar-refractivity contribution is -0.121. The number of hydrogen-bond donors (Lipinski definition) is 1. The standard InChI is InChI=1S/C18H15ClN2O2S2/c1-23-15-9-5-4-8-14(15)20-11-21-17(22)16(25-18(21)24)10-12-6-2-3-7-13(12)19/h2-10,20H,11H2,1H3. The first-order chi connectivity index (χ1) is 12.1. The van der Waals surface area contributed by atoms with E-state index in [4.69, 9.17) is 28.6 Å².